The Morgan fingerprint density at radius 3 is 2.20 bits per heavy atom. The zero-order chi connectivity index (χ0) is 21.7. The van der Waals surface area contributed by atoms with E-state index >= 15 is 0 Å². The number of nitrogens with zero attached hydrogens (tertiary/aromatic N) is 1. The molecule has 30 heavy (non-hydrogen) atoms. The maximum atomic E-state index is 13.0. The summed E-state index contributed by atoms with van der Waals surface area (Å²) in [6.45, 7) is 4.83. The van der Waals surface area contributed by atoms with E-state index in [1.807, 2.05) is 26.0 Å². The summed E-state index contributed by atoms with van der Waals surface area (Å²) >= 11 is 11.1. The van der Waals surface area contributed by atoms with Crippen LogP contribution < -0.4 is 10.2 Å². The van der Waals surface area contributed by atoms with Crippen molar-refractivity contribution in [2.75, 3.05) is 18.1 Å². The zero-order valence-electron chi connectivity index (χ0n) is 16.6. The van der Waals surface area contributed by atoms with E-state index in [-0.39, 0.29) is 10.7 Å². The summed E-state index contributed by atoms with van der Waals surface area (Å²) in [4.78, 5) is 26.7. The molecule has 2 amide bonds. The summed E-state index contributed by atoms with van der Waals surface area (Å²) in [5, 5.41) is 3.12. The van der Waals surface area contributed by atoms with Crippen LogP contribution in [0.5, 0.6) is 0 Å². The Morgan fingerprint density at radius 2 is 1.63 bits per heavy atom. The molecule has 0 radical (unpaired) electrons. The minimum absolute atomic E-state index is 0.0162. The molecule has 0 aromatic heterocycles. The summed E-state index contributed by atoms with van der Waals surface area (Å²) < 4.78 is 11.2. The number of anilines is 1. The van der Waals surface area contributed by atoms with Crippen molar-refractivity contribution in [3.05, 3.63) is 70.3 Å². The van der Waals surface area contributed by atoms with Gasteiger partial charge in [0.1, 0.15) is 5.57 Å². The largest absolute Gasteiger partial charge is 0.349 e. The Hall–Kier alpha value is -2.58. The van der Waals surface area contributed by atoms with Crippen molar-refractivity contribution >= 4 is 52.5 Å². The number of carbonyl (C=O) groups excluding carboxylic acids is 2. The van der Waals surface area contributed by atoms with Gasteiger partial charge in [-0.1, -0.05) is 35.9 Å². The molecule has 1 heterocycles. The second kappa shape index (κ2) is 9.95. The minimum Gasteiger partial charge on any atom is -0.349 e. The molecule has 0 bridgehead atoms. The molecule has 1 aliphatic rings. The number of benzene rings is 2. The molecular weight excluding hydrogens is 424 g/mol. The molecule has 156 valence electrons. The summed E-state index contributed by atoms with van der Waals surface area (Å²) in [7, 11) is 0. The predicted octanol–water partition coefficient (Wildman–Crippen LogP) is 4.24. The quantitative estimate of drug-likeness (QED) is 0.299. The molecule has 8 heteroatoms. The number of halogens is 1. The van der Waals surface area contributed by atoms with Crippen LogP contribution in [0, 0.1) is 0 Å². The molecule has 1 aliphatic heterocycles. The second-order valence-corrected chi connectivity index (χ2v) is 7.17. The van der Waals surface area contributed by atoms with Crippen LogP contribution in [0.25, 0.3) is 6.08 Å². The first-order valence-electron chi connectivity index (χ1n) is 9.44. The van der Waals surface area contributed by atoms with Crippen molar-refractivity contribution in [1.29, 1.82) is 0 Å². The van der Waals surface area contributed by atoms with Gasteiger partial charge in [0.05, 0.1) is 5.69 Å². The van der Waals surface area contributed by atoms with Crippen molar-refractivity contribution in [2.45, 2.75) is 20.1 Å². The van der Waals surface area contributed by atoms with Crippen LogP contribution in [-0.4, -0.2) is 30.1 Å². The first kappa shape index (κ1) is 22.1. The van der Waals surface area contributed by atoms with Crippen LogP contribution in [-0.2, 0) is 19.1 Å². The SMILES string of the molecule is CCOC(OCC)c1ccc(C=C2C(=O)NC(=S)N(c3ccc(Cl)cc3)C2=O)cc1. The predicted molar refractivity (Wildman–Crippen MR) is 120 cm³/mol. The summed E-state index contributed by atoms with van der Waals surface area (Å²) in [5.41, 5.74) is 2.04. The van der Waals surface area contributed by atoms with E-state index in [2.05, 4.69) is 5.32 Å². The number of carbonyl (C=O) groups is 2. The van der Waals surface area contributed by atoms with E-state index in [4.69, 9.17) is 33.3 Å². The average Bonchev–Trinajstić information content (AvgIpc) is 2.73. The molecule has 0 aliphatic carbocycles. The van der Waals surface area contributed by atoms with E-state index in [1.54, 1.807) is 36.4 Å². The molecule has 2 aromatic carbocycles. The third kappa shape index (κ3) is 4.94. The van der Waals surface area contributed by atoms with Crippen LogP contribution in [0.1, 0.15) is 31.3 Å². The van der Waals surface area contributed by atoms with E-state index in [1.165, 1.54) is 11.0 Å². The van der Waals surface area contributed by atoms with Gasteiger partial charge in [-0.2, -0.15) is 0 Å². The highest BCUT2D eigenvalue weighted by atomic mass is 35.5. The van der Waals surface area contributed by atoms with E-state index in [0.29, 0.717) is 29.5 Å². The van der Waals surface area contributed by atoms with Crippen LogP contribution in [0.4, 0.5) is 5.69 Å². The van der Waals surface area contributed by atoms with E-state index < -0.39 is 18.1 Å². The summed E-state index contributed by atoms with van der Waals surface area (Å²) in [6, 6.07) is 13.9. The van der Waals surface area contributed by atoms with Gasteiger partial charge < -0.3 is 9.47 Å². The lowest BCUT2D eigenvalue weighted by atomic mass is 10.1. The second-order valence-electron chi connectivity index (χ2n) is 6.34. The molecule has 2 aromatic rings. The third-order valence-corrected chi connectivity index (χ3v) is 4.88. The van der Waals surface area contributed by atoms with E-state index in [9.17, 15) is 9.59 Å². The van der Waals surface area contributed by atoms with Gasteiger partial charge in [0.25, 0.3) is 11.8 Å². The Kier molecular flexibility index (Phi) is 7.33. The number of thiocarbonyl (C=S) groups is 1. The highest BCUT2D eigenvalue weighted by molar-refractivity contribution is 7.80. The Labute approximate surface area is 185 Å². The minimum atomic E-state index is -0.541. The fourth-order valence-corrected chi connectivity index (χ4v) is 3.35. The highest BCUT2D eigenvalue weighted by Crippen LogP contribution is 2.25. The maximum absolute atomic E-state index is 13.0. The number of ether oxygens (including phenoxy) is 2. The number of amides is 2. The number of nitrogens with one attached hydrogen (secondary N) is 1. The molecule has 6 nitrogen and oxygen atoms in total. The van der Waals surface area contributed by atoms with Gasteiger partial charge in [-0.05, 0) is 62.0 Å². The van der Waals surface area contributed by atoms with Gasteiger partial charge in [-0.15, -0.1) is 0 Å². The van der Waals surface area contributed by atoms with Crippen LogP contribution in [0.2, 0.25) is 5.02 Å². The molecular formula is C22H21ClN2O4S. The molecule has 0 atom stereocenters. The molecule has 1 fully saturated rings. The van der Waals surface area contributed by atoms with Crippen molar-refractivity contribution in [3.63, 3.8) is 0 Å². The van der Waals surface area contributed by atoms with E-state index in [0.717, 1.165) is 5.56 Å². The molecule has 1 saturated heterocycles. The standard InChI is InChI=1S/C22H21ClN2O4S/c1-3-28-21(29-4-2)15-7-5-14(6-8-15)13-18-19(26)24-22(30)25(20(18)27)17-11-9-16(23)10-12-17/h5-13,21H,3-4H2,1-2H3,(H,24,26,30). The molecule has 1 N–H and O–H groups in total. The highest BCUT2D eigenvalue weighted by Gasteiger charge is 2.34. The van der Waals surface area contributed by atoms with Crippen LogP contribution >= 0.6 is 23.8 Å². The van der Waals surface area contributed by atoms with Gasteiger partial charge >= 0.3 is 0 Å². The average molecular weight is 445 g/mol. The van der Waals surface area contributed by atoms with Gasteiger partial charge in [0.15, 0.2) is 11.4 Å². The summed E-state index contributed by atoms with van der Waals surface area (Å²) in [6.07, 6.45) is 1.07. The van der Waals surface area contributed by atoms with Crippen LogP contribution in [0.3, 0.4) is 0 Å². The Balaban J connectivity index is 1.87. The molecule has 0 spiro atoms. The number of hydrogen-bond acceptors (Lipinski definition) is 5. The molecule has 0 saturated carbocycles. The Bertz CT molecular complexity index is 968. The smallest absolute Gasteiger partial charge is 0.270 e. The maximum Gasteiger partial charge on any atom is 0.270 e. The fraction of sp³-hybridized carbons (Fsp3) is 0.227. The monoisotopic (exact) mass is 444 g/mol. The van der Waals surface area contributed by atoms with Crippen molar-refractivity contribution in [1.82, 2.24) is 5.32 Å². The van der Waals surface area contributed by atoms with Crippen LogP contribution in [0.15, 0.2) is 54.1 Å². The van der Waals surface area contributed by atoms with Gasteiger partial charge in [0.2, 0.25) is 0 Å². The number of hydrogen-bond donors (Lipinski definition) is 1. The molecule has 3 rings (SSSR count). The van der Waals surface area contributed by atoms with Gasteiger partial charge in [0, 0.05) is 23.8 Å². The van der Waals surface area contributed by atoms with Gasteiger partial charge in [-0.3, -0.25) is 19.8 Å². The topological polar surface area (TPSA) is 67.9 Å². The Morgan fingerprint density at radius 1 is 1.03 bits per heavy atom. The third-order valence-electron chi connectivity index (χ3n) is 4.34. The lowest BCUT2D eigenvalue weighted by Gasteiger charge is -2.29. The summed E-state index contributed by atoms with van der Waals surface area (Å²) in [5.74, 6) is -1.04. The first-order valence-corrected chi connectivity index (χ1v) is 10.2. The lowest BCUT2D eigenvalue weighted by molar-refractivity contribution is -0.140. The van der Waals surface area contributed by atoms with Crippen molar-refractivity contribution in [2.24, 2.45) is 0 Å². The van der Waals surface area contributed by atoms with Gasteiger partial charge in [-0.25, -0.2) is 0 Å². The number of rotatable bonds is 7. The lowest BCUT2D eigenvalue weighted by Crippen LogP contribution is -2.54. The molecule has 0 unspecified atom stereocenters. The van der Waals surface area contributed by atoms with Crippen molar-refractivity contribution in [3.8, 4) is 0 Å². The zero-order valence-corrected chi connectivity index (χ0v) is 18.1. The normalized spacial score (nSPS) is 15.8. The first-order chi connectivity index (χ1) is 14.4. The fourth-order valence-electron chi connectivity index (χ4n) is 2.94. The van der Waals surface area contributed by atoms with Crippen molar-refractivity contribution < 1.29 is 19.1 Å².